The van der Waals surface area contributed by atoms with Gasteiger partial charge >= 0.3 is 0 Å². The van der Waals surface area contributed by atoms with E-state index in [4.69, 9.17) is 5.73 Å². The van der Waals surface area contributed by atoms with Gasteiger partial charge in [0.05, 0.1) is 0 Å². The molecule has 5 heteroatoms. The number of halogens is 1. The Bertz CT molecular complexity index is 364. The molecular formula is C11H15BrN2OS. The maximum absolute atomic E-state index is 12.0. The smallest absolute Gasteiger partial charge is 0.253 e. The molecule has 0 aliphatic heterocycles. The molecule has 0 atom stereocenters. The molecule has 16 heavy (non-hydrogen) atoms. The third-order valence-electron chi connectivity index (χ3n) is 2.14. The zero-order chi connectivity index (χ0) is 12.1. The lowest BCUT2D eigenvalue weighted by atomic mass is 10.2. The summed E-state index contributed by atoms with van der Waals surface area (Å²) in [6.45, 7) is 0.742. The van der Waals surface area contributed by atoms with Crippen LogP contribution in [-0.2, 0) is 0 Å². The maximum Gasteiger partial charge on any atom is 0.253 e. The second-order valence-corrected chi connectivity index (χ2v) is 5.39. The molecule has 1 aromatic carbocycles. The van der Waals surface area contributed by atoms with Gasteiger partial charge in [-0.2, -0.15) is 11.8 Å². The van der Waals surface area contributed by atoms with Crippen LogP contribution in [0.1, 0.15) is 10.4 Å². The monoisotopic (exact) mass is 302 g/mol. The molecule has 3 nitrogen and oxygen atoms in total. The number of benzene rings is 1. The summed E-state index contributed by atoms with van der Waals surface area (Å²) in [7, 11) is 1.80. The number of nitrogens with zero attached hydrogens (tertiary/aromatic N) is 1. The Morgan fingerprint density at radius 1 is 1.50 bits per heavy atom. The van der Waals surface area contributed by atoms with Crippen molar-refractivity contribution in [1.29, 1.82) is 0 Å². The highest BCUT2D eigenvalue weighted by atomic mass is 79.9. The molecule has 0 saturated heterocycles. The molecular weight excluding hydrogens is 288 g/mol. The summed E-state index contributed by atoms with van der Waals surface area (Å²) in [5.74, 6) is 0.938. The van der Waals surface area contributed by atoms with Gasteiger partial charge in [-0.05, 0) is 24.5 Å². The number of thioether (sulfide) groups is 1. The number of amides is 1. The molecule has 1 aromatic rings. The number of rotatable bonds is 4. The van der Waals surface area contributed by atoms with Gasteiger partial charge < -0.3 is 10.6 Å². The first-order valence-corrected chi connectivity index (χ1v) is 7.03. The lowest BCUT2D eigenvalue weighted by molar-refractivity contribution is 0.0804. The summed E-state index contributed by atoms with van der Waals surface area (Å²) < 4.78 is 0.828. The molecule has 88 valence electrons. The fourth-order valence-electron chi connectivity index (χ4n) is 1.29. The topological polar surface area (TPSA) is 46.3 Å². The van der Waals surface area contributed by atoms with E-state index in [2.05, 4.69) is 15.9 Å². The molecule has 0 bridgehead atoms. The molecule has 0 radical (unpaired) electrons. The number of nitrogen functional groups attached to an aromatic ring is 1. The Morgan fingerprint density at radius 3 is 2.75 bits per heavy atom. The maximum atomic E-state index is 12.0. The fourth-order valence-corrected chi connectivity index (χ4v) is 2.25. The summed E-state index contributed by atoms with van der Waals surface area (Å²) in [5, 5.41) is 0. The predicted octanol–water partition coefficient (Wildman–Crippen LogP) is 2.47. The van der Waals surface area contributed by atoms with Gasteiger partial charge in [-0.1, -0.05) is 15.9 Å². The average molecular weight is 303 g/mol. The fraction of sp³-hybridized carbons (Fsp3) is 0.364. The summed E-state index contributed by atoms with van der Waals surface area (Å²) in [6.07, 6.45) is 2.02. The van der Waals surface area contributed by atoms with Crippen molar-refractivity contribution in [1.82, 2.24) is 4.90 Å². The van der Waals surface area contributed by atoms with Crippen molar-refractivity contribution >= 4 is 39.3 Å². The highest BCUT2D eigenvalue weighted by Gasteiger charge is 2.12. The van der Waals surface area contributed by atoms with E-state index >= 15 is 0 Å². The first-order chi connectivity index (χ1) is 7.54. The van der Waals surface area contributed by atoms with Gasteiger partial charge in [0.15, 0.2) is 0 Å². The molecule has 0 unspecified atom stereocenters. The summed E-state index contributed by atoms with van der Waals surface area (Å²) in [5.41, 5.74) is 6.91. The average Bonchev–Trinajstić information content (AvgIpc) is 2.23. The first kappa shape index (κ1) is 13.4. The van der Waals surface area contributed by atoms with Gasteiger partial charge in [-0.25, -0.2) is 0 Å². The van der Waals surface area contributed by atoms with Crippen LogP contribution in [0.2, 0.25) is 0 Å². The van der Waals surface area contributed by atoms with E-state index < -0.39 is 0 Å². The largest absolute Gasteiger partial charge is 0.399 e. The third kappa shape index (κ3) is 3.72. The number of hydrogen-bond donors (Lipinski definition) is 1. The van der Waals surface area contributed by atoms with Crippen molar-refractivity contribution in [2.24, 2.45) is 0 Å². The second kappa shape index (κ2) is 6.15. The molecule has 1 rings (SSSR count). The van der Waals surface area contributed by atoms with Crippen molar-refractivity contribution in [2.75, 3.05) is 31.3 Å². The van der Waals surface area contributed by atoms with Crippen LogP contribution in [0.5, 0.6) is 0 Å². The molecule has 0 aliphatic rings. The quantitative estimate of drug-likeness (QED) is 0.869. The molecule has 0 saturated carbocycles. The van der Waals surface area contributed by atoms with Crippen LogP contribution in [0, 0.1) is 0 Å². The van der Waals surface area contributed by atoms with E-state index in [9.17, 15) is 4.79 Å². The van der Waals surface area contributed by atoms with Gasteiger partial charge in [0, 0.05) is 35.1 Å². The minimum atomic E-state index is 0.00190. The Balaban J connectivity index is 2.79. The standard InChI is InChI=1S/C11H15BrN2OS/c1-14(3-4-16-2)11(15)8-5-9(12)7-10(13)6-8/h5-7H,3-4,13H2,1-2H3. The summed E-state index contributed by atoms with van der Waals surface area (Å²) in [4.78, 5) is 13.7. The highest BCUT2D eigenvalue weighted by Crippen LogP contribution is 2.18. The zero-order valence-electron chi connectivity index (χ0n) is 9.37. The van der Waals surface area contributed by atoms with E-state index in [0.717, 1.165) is 16.8 Å². The molecule has 0 fully saturated rings. The number of hydrogen-bond acceptors (Lipinski definition) is 3. The SMILES string of the molecule is CSCCN(C)C(=O)c1cc(N)cc(Br)c1. The van der Waals surface area contributed by atoms with Crippen molar-refractivity contribution in [3.63, 3.8) is 0 Å². The van der Waals surface area contributed by atoms with E-state index in [1.54, 1.807) is 41.9 Å². The first-order valence-electron chi connectivity index (χ1n) is 4.85. The van der Waals surface area contributed by atoms with Crippen LogP contribution in [0.15, 0.2) is 22.7 Å². The molecule has 0 spiro atoms. The zero-order valence-corrected chi connectivity index (χ0v) is 11.8. The number of carbonyl (C=O) groups is 1. The van der Waals surface area contributed by atoms with E-state index in [-0.39, 0.29) is 5.91 Å². The minimum Gasteiger partial charge on any atom is -0.399 e. The highest BCUT2D eigenvalue weighted by molar-refractivity contribution is 9.10. The van der Waals surface area contributed by atoms with Gasteiger partial charge in [0.1, 0.15) is 0 Å². The van der Waals surface area contributed by atoms with Crippen molar-refractivity contribution in [3.05, 3.63) is 28.2 Å². The Kier molecular flexibility index (Phi) is 5.15. The van der Waals surface area contributed by atoms with Crippen LogP contribution in [0.3, 0.4) is 0 Å². The normalized spacial score (nSPS) is 10.2. The van der Waals surface area contributed by atoms with Gasteiger partial charge in [0.2, 0.25) is 0 Å². The van der Waals surface area contributed by atoms with E-state index in [0.29, 0.717) is 11.3 Å². The molecule has 0 heterocycles. The molecule has 0 aromatic heterocycles. The van der Waals surface area contributed by atoms with Crippen molar-refractivity contribution < 1.29 is 4.79 Å². The van der Waals surface area contributed by atoms with Crippen LogP contribution in [0.4, 0.5) is 5.69 Å². The minimum absolute atomic E-state index is 0.00190. The Labute approximate surface area is 109 Å². The molecule has 0 aliphatic carbocycles. The lowest BCUT2D eigenvalue weighted by Gasteiger charge is -2.16. The van der Waals surface area contributed by atoms with Crippen LogP contribution in [-0.4, -0.2) is 36.4 Å². The van der Waals surface area contributed by atoms with E-state index in [1.165, 1.54) is 0 Å². The Morgan fingerprint density at radius 2 is 2.19 bits per heavy atom. The summed E-state index contributed by atoms with van der Waals surface area (Å²) in [6, 6.07) is 5.26. The lowest BCUT2D eigenvalue weighted by Crippen LogP contribution is -2.28. The second-order valence-electron chi connectivity index (χ2n) is 3.49. The predicted molar refractivity (Wildman–Crippen MR) is 73.9 cm³/mol. The number of carbonyl (C=O) groups excluding carboxylic acids is 1. The summed E-state index contributed by atoms with van der Waals surface area (Å²) >= 11 is 5.05. The van der Waals surface area contributed by atoms with E-state index in [1.807, 2.05) is 6.26 Å². The van der Waals surface area contributed by atoms with Crippen molar-refractivity contribution in [2.45, 2.75) is 0 Å². The van der Waals surface area contributed by atoms with Gasteiger partial charge in [-0.15, -0.1) is 0 Å². The molecule has 2 N–H and O–H groups in total. The van der Waals surface area contributed by atoms with Crippen LogP contribution >= 0.6 is 27.7 Å². The van der Waals surface area contributed by atoms with Crippen molar-refractivity contribution in [3.8, 4) is 0 Å². The molecule has 1 amide bonds. The van der Waals surface area contributed by atoms with Gasteiger partial charge in [0.25, 0.3) is 5.91 Å². The number of anilines is 1. The van der Waals surface area contributed by atoms with Crippen LogP contribution in [0.25, 0.3) is 0 Å². The van der Waals surface area contributed by atoms with Crippen LogP contribution < -0.4 is 5.73 Å². The Hall–Kier alpha value is -0.680. The van der Waals surface area contributed by atoms with Gasteiger partial charge in [-0.3, -0.25) is 4.79 Å². The third-order valence-corrected chi connectivity index (χ3v) is 3.19. The number of nitrogens with two attached hydrogens (primary N) is 1.